The Bertz CT molecular complexity index is 360. The summed E-state index contributed by atoms with van der Waals surface area (Å²) >= 11 is 11.5. The molecule has 0 aliphatic rings. The molecule has 0 atom stereocenters. The molecule has 0 saturated heterocycles. The van der Waals surface area contributed by atoms with Gasteiger partial charge in [-0.05, 0) is 6.07 Å². The predicted octanol–water partition coefficient (Wildman–Crippen LogP) is 3.13. The van der Waals surface area contributed by atoms with Crippen LogP contribution in [0.15, 0.2) is 22.9 Å². The molecular formula is C7H3Cl2NO. The third-order valence-corrected chi connectivity index (χ3v) is 2.10. The second-order valence-corrected chi connectivity index (χ2v) is 2.90. The first-order chi connectivity index (χ1) is 5.27. The van der Waals surface area contributed by atoms with E-state index in [-0.39, 0.29) is 0 Å². The summed E-state index contributed by atoms with van der Waals surface area (Å²) in [5, 5.41) is 0.976. The van der Waals surface area contributed by atoms with E-state index in [1.165, 1.54) is 6.39 Å². The van der Waals surface area contributed by atoms with Crippen molar-refractivity contribution >= 4 is 34.3 Å². The molecule has 56 valence electrons. The average Bonchev–Trinajstić information content (AvgIpc) is 2.36. The minimum atomic E-state index is 0.482. The first-order valence-electron chi connectivity index (χ1n) is 2.95. The molecule has 0 aliphatic carbocycles. The van der Waals surface area contributed by atoms with E-state index < -0.39 is 0 Å². The molecule has 0 radical (unpaired) electrons. The molecule has 1 heterocycles. The molecule has 4 heteroatoms. The topological polar surface area (TPSA) is 26.0 Å². The van der Waals surface area contributed by atoms with Crippen LogP contribution in [0, 0.1) is 0 Å². The lowest BCUT2D eigenvalue weighted by molar-refractivity contribution is 0.602. The maximum Gasteiger partial charge on any atom is 0.181 e. The molecule has 2 nitrogen and oxygen atoms in total. The van der Waals surface area contributed by atoms with E-state index in [0.29, 0.717) is 15.6 Å². The van der Waals surface area contributed by atoms with Crippen molar-refractivity contribution in [1.29, 1.82) is 0 Å². The molecule has 2 rings (SSSR count). The summed E-state index contributed by atoms with van der Waals surface area (Å²) < 4.78 is 5.00. The van der Waals surface area contributed by atoms with Crippen molar-refractivity contribution in [1.82, 2.24) is 4.98 Å². The second kappa shape index (κ2) is 2.40. The smallest absolute Gasteiger partial charge is 0.181 e. The maximum atomic E-state index is 5.73. The van der Waals surface area contributed by atoms with Gasteiger partial charge in [-0.1, -0.05) is 23.2 Å². The van der Waals surface area contributed by atoms with Gasteiger partial charge in [0.05, 0.1) is 10.0 Å². The lowest BCUT2D eigenvalue weighted by Gasteiger charge is -1.91. The Kier molecular flexibility index (Phi) is 1.51. The van der Waals surface area contributed by atoms with E-state index in [9.17, 15) is 0 Å². The number of nitrogens with zero attached hydrogens (tertiary/aromatic N) is 1. The largest absolute Gasteiger partial charge is 0.443 e. The summed E-state index contributed by atoms with van der Waals surface area (Å²) in [5.41, 5.74) is 1.37. The minimum absolute atomic E-state index is 0.482. The van der Waals surface area contributed by atoms with Crippen molar-refractivity contribution in [3.8, 4) is 0 Å². The predicted molar refractivity (Wildman–Crippen MR) is 44.0 cm³/mol. The van der Waals surface area contributed by atoms with Crippen LogP contribution in [-0.4, -0.2) is 4.98 Å². The molecule has 1 aromatic carbocycles. The summed E-state index contributed by atoms with van der Waals surface area (Å²) in [7, 11) is 0. The highest BCUT2D eigenvalue weighted by atomic mass is 35.5. The summed E-state index contributed by atoms with van der Waals surface area (Å²) in [6, 6.07) is 3.31. The Morgan fingerprint density at radius 1 is 1.18 bits per heavy atom. The molecule has 11 heavy (non-hydrogen) atoms. The van der Waals surface area contributed by atoms with Crippen LogP contribution in [0.5, 0.6) is 0 Å². The molecule has 0 saturated carbocycles. The monoisotopic (exact) mass is 187 g/mol. The molecule has 0 bridgehead atoms. The summed E-state index contributed by atoms with van der Waals surface area (Å²) in [4.78, 5) is 3.91. The van der Waals surface area contributed by atoms with E-state index in [1.54, 1.807) is 12.1 Å². The zero-order valence-corrected chi connectivity index (χ0v) is 6.86. The average molecular weight is 188 g/mol. The Labute approximate surface area is 72.7 Å². The van der Waals surface area contributed by atoms with Crippen LogP contribution in [0.2, 0.25) is 10.0 Å². The molecule has 0 aliphatic heterocycles. The Balaban J connectivity index is 2.86. The lowest BCUT2D eigenvalue weighted by atomic mass is 10.3. The third-order valence-electron chi connectivity index (χ3n) is 1.37. The maximum absolute atomic E-state index is 5.73. The van der Waals surface area contributed by atoms with Gasteiger partial charge in [0.25, 0.3) is 0 Å². The van der Waals surface area contributed by atoms with E-state index >= 15 is 0 Å². The number of halogens is 2. The Morgan fingerprint density at radius 3 is 2.73 bits per heavy atom. The molecular weight excluding hydrogens is 185 g/mol. The molecule has 0 spiro atoms. The highest BCUT2D eigenvalue weighted by Crippen LogP contribution is 2.26. The molecule has 0 N–H and O–H groups in total. The van der Waals surface area contributed by atoms with E-state index in [0.717, 1.165) is 5.52 Å². The highest BCUT2D eigenvalue weighted by Gasteiger charge is 2.02. The van der Waals surface area contributed by atoms with Crippen LogP contribution in [0.3, 0.4) is 0 Å². The van der Waals surface area contributed by atoms with Crippen LogP contribution < -0.4 is 0 Å². The first-order valence-corrected chi connectivity index (χ1v) is 3.71. The quantitative estimate of drug-likeness (QED) is 0.634. The fourth-order valence-electron chi connectivity index (χ4n) is 0.853. The highest BCUT2D eigenvalue weighted by molar-refractivity contribution is 6.42. The van der Waals surface area contributed by atoms with Crippen molar-refractivity contribution in [2.75, 3.05) is 0 Å². The van der Waals surface area contributed by atoms with Gasteiger partial charge in [-0.15, -0.1) is 0 Å². The minimum Gasteiger partial charge on any atom is -0.443 e. The van der Waals surface area contributed by atoms with Crippen molar-refractivity contribution in [2.24, 2.45) is 0 Å². The zero-order chi connectivity index (χ0) is 7.84. The lowest BCUT2D eigenvalue weighted by Crippen LogP contribution is -1.69. The van der Waals surface area contributed by atoms with Gasteiger partial charge < -0.3 is 4.42 Å². The number of oxazole rings is 1. The van der Waals surface area contributed by atoms with Gasteiger partial charge in [0.2, 0.25) is 0 Å². The standard InChI is InChI=1S/C7H3Cl2NO/c8-4-1-6-7(2-5(4)9)11-3-10-6/h1-3H. The molecule has 0 amide bonds. The number of hydrogen-bond acceptors (Lipinski definition) is 2. The van der Waals surface area contributed by atoms with Crippen LogP contribution in [0.1, 0.15) is 0 Å². The van der Waals surface area contributed by atoms with Crippen LogP contribution >= 0.6 is 23.2 Å². The van der Waals surface area contributed by atoms with Gasteiger partial charge in [0.1, 0.15) is 5.52 Å². The van der Waals surface area contributed by atoms with Crippen LogP contribution in [0.4, 0.5) is 0 Å². The SMILES string of the molecule is Clc1cc2ncoc2cc1Cl. The molecule has 1 aromatic heterocycles. The van der Waals surface area contributed by atoms with E-state index in [4.69, 9.17) is 27.6 Å². The molecule has 2 aromatic rings. The number of benzene rings is 1. The van der Waals surface area contributed by atoms with Gasteiger partial charge >= 0.3 is 0 Å². The second-order valence-electron chi connectivity index (χ2n) is 2.09. The van der Waals surface area contributed by atoms with Crippen molar-refractivity contribution < 1.29 is 4.42 Å². The van der Waals surface area contributed by atoms with Gasteiger partial charge in [-0.2, -0.15) is 0 Å². The summed E-state index contributed by atoms with van der Waals surface area (Å²) in [6.45, 7) is 0. The van der Waals surface area contributed by atoms with Crippen molar-refractivity contribution in [2.45, 2.75) is 0 Å². The third kappa shape index (κ3) is 1.08. The Morgan fingerprint density at radius 2 is 1.91 bits per heavy atom. The summed E-state index contributed by atoms with van der Waals surface area (Å²) in [6.07, 6.45) is 1.36. The molecule has 0 unspecified atom stereocenters. The van der Waals surface area contributed by atoms with Gasteiger partial charge in [-0.25, -0.2) is 4.98 Å². The normalized spacial score (nSPS) is 10.7. The first kappa shape index (κ1) is 6.95. The van der Waals surface area contributed by atoms with E-state index in [1.807, 2.05) is 0 Å². The fourth-order valence-corrected chi connectivity index (χ4v) is 1.16. The fraction of sp³-hybridized carbons (Fsp3) is 0. The number of hydrogen-bond donors (Lipinski definition) is 0. The number of aromatic nitrogens is 1. The zero-order valence-electron chi connectivity index (χ0n) is 5.34. The van der Waals surface area contributed by atoms with Gasteiger partial charge in [0.15, 0.2) is 12.0 Å². The summed E-state index contributed by atoms with van der Waals surface area (Å²) in [5.74, 6) is 0. The number of fused-ring (bicyclic) bond motifs is 1. The van der Waals surface area contributed by atoms with Gasteiger partial charge in [-0.3, -0.25) is 0 Å². The van der Waals surface area contributed by atoms with Gasteiger partial charge in [0, 0.05) is 6.07 Å². The van der Waals surface area contributed by atoms with Crippen LogP contribution in [-0.2, 0) is 0 Å². The molecule has 0 fully saturated rings. The van der Waals surface area contributed by atoms with Crippen molar-refractivity contribution in [3.63, 3.8) is 0 Å². The Hall–Kier alpha value is -0.730. The van der Waals surface area contributed by atoms with Crippen LogP contribution in [0.25, 0.3) is 11.1 Å². The van der Waals surface area contributed by atoms with E-state index in [2.05, 4.69) is 4.98 Å². The number of rotatable bonds is 0. The van der Waals surface area contributed by atoms with Crippen molar-refractivity contribution in [3.05, 3.63) is 28.6 Å².